The molecule has 0 bridgehead atoms. The zero-order valence-electron chi connectivity index (χ0n) is 13.2. The summed E-state index contributed by atoms with van der Waals surface area (Å²) in [4.78, 5) is 14.9. The van der Waals surface area contributed by atoms with Crippen LogP contribution < -0.4 is 5.32 Å². The number of nitrogens with zero attached hydrogens (tertiary/aromatic N) is 1. The van der Waals surface area contributed by atoms with Crippen molar-refractivity contribution in [3.8, 4) is 0 Å². The largest absolute Gasteiger partial charge is 0.335 e. The van der Waals surface area contributed by atoms with Gasteiger partial charge in [0.05, 0.1) is 5.56 Å². The Morgan fingerprint density at radius 3 is 2.81 bits per heavy atom. The van der Waals surface area contributed by atoms with E-state index in [9.17, 15) is 4.79 Å². The van der Waals surface area contributed by atoms with E-state index in [1.165, 1.54) is 12.8 Å². The Kier molecular flexibility index (Phi) is 5.82. The fourth-order valence-corrected chi connectivity index (χ4v) is 3.22. The van der Waals surface area contributed by atoms with E-state index in [0.29, 0.717) is 6.04 Å². The van der Waals surface area contributed by atoms with Gasteiger partial charge in [0.1, 0.15) is 0 Å². The molecular formula is C17H25BrN2O. The zero-order valence-corrected chi connectivity index (χ0v) is 14.7. The van der Waals surface area contributed by atoms with Crippen LogP contribution in [0.2, 0.25) is 0 Å². The van der Waals surface area contributed by atoms with Crippen molar-refractivity contribution in [2.45, 2.75) is 52.1 Å². The fourth-order valence-electron chi connectivity index (χ4n) is 2.80. The second-order valence-electron chi connectivity index (χ2n) is 6.18. The molecule has 0 aliphatic carbocycles. The average molecular weight is 353 g/mol. The molecule has 1 amide bonds. The lowest BCUT2D eigenvalue weighted by Crippen LogP contribution is -2.48. The number of nitrogens with one attached hydrogen (secondary N) is 1. The van der Waals surface area contributed by atoms with Gasteiger partial charge in [0.25, 0.3) is 5.91 Å². The molecule has 1 N–H and O–H groups in total. The molecule has 21 heavy (non-hydrogen) atoms. The van der Waals surface area contributed by atoms with E-state index in [4.69, 9.17) is 0 Å². The first-order chi connectivity index (χ1) is 9.99. The van der Waals surface area contributed by atoms with Crippen molar-refractivity contribution in [3.63, 3.8) is 0 Å². The molecule has 1 heterocycles. The average Bonchev–Trinajstić information content (AvgIpc) is 2.47. The molecule has 1 atom stereocenters. The van der Waals surface area contributed by atoms with Crippen LogP contribution in [0.25, 0.3) is 0 Å². The van der Waals surface area contributed by atoms with Gasteiger partial charge in [-0.05, 0) is 68.2 Å². The van der Waals surface area contributed by atoms with Crippen molar-refractivity contribution in [2.75, 3.05) is 13.1 Å². The number of piperidine rings is 1. The molecule has 1 aliphatic heterocycles. The van der Waals surface area contributed by atoms with Crippen LogP contribution in [-0.2, 0) is 0 Å². The summed E-state index contributed by atoms with van der Waals surface area (Å²) in [6.45, 7) is 8.05. The molecule has 1 aliphatic rings. The van der Waals surface area contributed by atoms with Crippen molar-refractivity contribution in [3.05, 3.63) is 33.8 Å². The normalized spacial score (nSPS) is 18.8. The molecule has 3 nitrogen and oxygen atoms in total. The second kappa shape index (κ2) is 7.41. The molecule has 1 unspecified atom stereocenters. The summed E-state index contributed by atoms with van der Waals surface area (Å²) in [5, 5.41) is 3.53. The van der Waals surface area contributed by atoms with E-state index in [-0.39, 0.29) is 11.9 Å². The number of halogens is 1. The van der Waals surface area contributed by atoms with E-state index >= 15 is 0 Å². The molecule has 1 aromatic carbocycles. The van der Waals surface area contributed by atoms with E-state index in [2.05, 4.69) is 35.1 Å². The Hall–Kier alpha value is -0.870. The number of aryl methyl sites for hydroxylation is 1. The van der Waals surface area contributed by atoms with Crippen LogP contribution in [-0.4, -0.2) is 36.0 Å². The van der Waals surface area contributed by atoms with Crippen molar-refractivity contribution < 1.29 is 4.79 Å². The molecule has 116 valence electrons. The molecule has 0 aromatic heterocycles. The lowest BCUT2D eigenvalue weighted by molar-refractivity contribution is 0.0676. The maximum atomic E-state index is 12.9. The van der Waals surface area contributed by atoms with Crippen LogP contribution in [0, 0.1) is 6.92 Å². The minimum absolute atomic E-state index is 0.118. The van der Waals surface area contributed by atoms with Crippen LogP contribution in [0.3, 0.4) is 0 Å². The lowest BCUT2D eigenvalue weighted by Gasteiger charge is -2.33. The minimum Gasteiger partial charge on any atom is -0.335 e. The van der Waals surface area contributed by atoms with E-state index in [0.717, 1.165) is 35.1 Å². The van der Waals surface area contributed by atoms with E-state index in [1.807, 2.05) is 30.0 Å². The number of carbonyl (C=O) groups excluding carboxylic acids is 1. The number of hydrogen-bond acceptors (Lipinski definition) is 2. The summed E-state index contributed by atoms with van der Waals surface area (Å²) in [6.07, 6.45) is 3.66. The van der Waals surface area contributed by atoms with Crippen LogP contribution in [0.15, 0.2) is 22.7 Å². The van der Waals surface area contributed by atoms with Gasteiger partial charge < -0.3 is 10.2 Å². The first-order valence-corrected chi connectivity index (χ1v) is 8.59. The van der Waals surface area contributed by atoms with Crippen molar-refractivity contribution in [1.29, 1.82) is 0 Å². The maximum Gasteiger partial charge on any atom is 0.255 e. The number of rotatable bonds is 4. The Labute approximate surface area is 136 Å². The summed E-state index contributed by atoms with van der Waals surface area (Å²) in [6, 6.07) is 6.57. The molecule has 1 saturated heterocycles. The quantitative estimate of drug-likeness (QED) is 0.894. The summed E-state index contributed by atoms with van der Waals surface area (Å²) >= 11 is 3.51. The standard InChI is InChI=1S/C17H25BrN2O/c1-12(2)20(11-14-6-4-5-9-19-14)17(21)15-10-13(3)7-8-16(15)18/h7-8,10,12,14,19H,4-6,9,11H2,1-3H3. The van der Waals surface area contributed by atoms with E-state index < -0.39 is 0 Å². The van der Waals surface area contributed by atoms with Crippen molar-refractivity contribution >= 4 is 21.8 Å². The molecule has 4 heteroatoms. The van der Waals surface area contributed by atoms with Gasteiger partial charge in [-0.2, -0.15) is 0 Å². The van der Waals surface area contributed by atoms with Crippen LogP contribution in [0.5, 0.6) is 0 Å². The van der Waals surface area contributed by atoms with Crippen LogP contribution >= 0.6 is 15.9 Å². The Morgan fingerprint density at radius 1 is 1.43 bits per heavy atom. The van der Waals surface area contributed by atoms with E-state index in [1.54, 1.807) is 0 Å². The van der Waals surface area contributed by atoms with Gasteiger partial charge in [0.15, 0.2) is 0 Å². The molecule has 2 rings (SSSR count). The van der Waals surface area contributed by atoms with Gasteiger partial charge in [-0.3, -0.25) is 4.79 Å². The highest BCUT2D eigenvalue weighted by Crippen LogP contribution is 2.22. The Morgan fingerprint density at radius 2 is 2.19 bits per heavy atom. The van der Waals surface area contributed by atoms with Gasteiger partial charge >= 0.3 is 0 Å². The van der Waals surface area contributed by atoms with Crippen molar-refractivity contribution in [1.82, 2.24) is 10.2 Å². The summed E-state index contributed by atoms with van der Waals surface area (Å²) < 4.78 is 0.875. The zero-order chi connectivity index (χ0) is 15.4. The first kappa shape index (κ1) is 16.5. The number of benzene rings is 1. The number of hydrogen-bond donors (Lipinski definition) is 1. The number of amides is 1. The maximum absolute atomic E-state index is 12.9. The van der Waals surface area contributed by atoms with Gasteiger partial charge in [0, 0.05) is 23.1 Å². The van der Waals surface area contributed by atoms with Gasteiger partial charge in [-0.15, -0.1) is 0 Å². The van der Waals surface area contributed by atoms with Crippen molar-refractivity contribution in [2.24, 2.45) is 0 Å². The summed E-state index contributed by atoms with van der Waals surface area (Å²) in [5.74, 6) is 0.118. The third-order valence-corrected chi connectivity index (χ3v) is 4.76. The Bertz CT molecular complexity index is 496. The smallest absolute Gasteiger partial charge is 0.255 e. The molecule has 1 fully saturated rings. The number of carbonyl (C=O) groups is 1. The van der Waals surface area contributed by atoms with Crippen LogP contribution in [0.4, 0.5) is 0 Å². The SMILES string of the molecule is Cc1ccc(Br)c(C(=O)N(CC2CCCCN2)C(C)C)c1. The first-order valence-electron chi connectivity index (χ1n) is 7.79. The highest BCUT2D eigenvalue weighted by Gasteiger charge is 2.24. The van der Waals surface area contributed by atoms with Gasteiger partial charge in [-0.1, -0.05) is 18.1 Å². The lowest BCUT2D eigenvalue weighted by atomic mass is 10.0. The summed E-state index contributed by atoms with van der Waals surface area (Å²) in [5.41, 5.74) is 1.88. The molecule has 1 aromatic rings. The monoisotopic (exact) mass is 352 g/mol. The second-order valence-corrected chi connectivity index (χ2v) is 7.04. The Balaban J connectivity index is 2.16. The highest BCUT2D eigenvalue weighted by atomic mass is 79.9. The van der Waals surface area contributed by atoms with Crippen LogP contribution in [0.1, 0.15) is 49.0 Å². The van der Waals surface area contributed by atoms with Gasteiger partial charge in [0.2, 0.25) is 0 Å². The third kappa shape index (κ3) is 4.30. The predicted octanol–water partition coefficient (Wildman–Crippen LogP) is 3.75. The summed E-state index contributed by atoms with van der Waals surface area (Å²) in [7, 11) is 0. The topological polar surface area (TPSA) is 32.3 Å². The minimum atomic E-state index is 0.118. The molecule has 0 saturated carbocycles. The highest BCUT2D eigenvalue weighted by molar-refractivity contribution is 9.10. The predicted molar refractivity (Wildman–Crippen MR) is 90.7 cm³/mol. The molecular weight excluding hydrogens is 328 g/mol. The molecule has 0 spiro atoms. The van der Waals surface area contributed by atoms with Gasteiger partial charge in [-0.25, -0.2) is 0 Å². The third-order valence-electron chi connectivity index (χ3n) is 4.07. The fraction of sp³-hybridized carbons (Fsp3) is 0.588. The molecule has 0 radical (unpaired) electrons.